The molecule has 0 unspecified atom stereocenters. The van der Waals surface area contributed by atoms with Crippen LogP contribution in [0, 0.1) is 28.1 Å². The fourth-order valence-electron chi connectivity index (χ4n) is 9.93. The number of nitrogens with zero attached hydrogens (tertiary/aromatic N) is 1. The average molecular weight is 863 g/mol. The number of ketones is 1. The second-order valence-corrected chi connectivity index (χ2v) is 18.4. The monoisotopic (exact) mass is 862 g/mol. The number of aliphatic hydroxyl groups excluding tert-OH is 4. The van der Waals surface area contributed by atoms with E-state index in [1.807, 2.05) is 6.07 Å². The van der Waals surface area contributed by atoms with Gasteiger partial charge in [0.1, 0.15) is 35.6 Å². The van der Waals surface area contributed by atoms with Gasteiger partial charge in [0, 0.05) is 25.2 Å². The summed E-state index contributed by atoms with van der Waals surface area (Å²) in [5.74, 6) is -5.79. The maximum absolute atomic E-state index is 15.0. The number of fused-ring (bicyclic) bond motifs is 5. The number of carbonyl (C=O) groups excluding carboxylic acids is 5. The fourth-order valence-corrected chi connectivity index (χ4v) is 9.93. The molecule has 3 fully saturated rings. The Balaban J connectivity index is 1.50. The predicted molar refractivity (Wildman–Crippen MR) is 214 cm³/mol. The van der Waals surface area contributed by atoms with Crippen LogP contribution in [0.5, 0.6) is 0 Å². The topological polar surface area (TPSA) is 268 Å². The highest BCUT2D eigenvalue weighted by molar-refractivity contribution is 5.94. The van der Waals surface area contributed by atoms with Gasteiger partial charge in [-0.25, -0.2) is 14.4 Å². The van der Waals surface area contributed by atoms with Gasteiger partial charge in [0.25, 0.3) is 0 Å². The highest BCUT2D eigenvalue weighted by atomic mass is 16.6. The summed E-state index contributed by atoms with van der Waals surface area (Å²) in [7, 11) is 0. The normalized spacial score (nSPS) is 32.2. The van der Waals surface area contributed by atoms with Crippen molar-refractivity contribution in [2.45, 2.75) is 134 Å². The van der Waals surface area contributed by atoms with Crippen molar-refractivity contribution >= 4 is 29.8 Å². The van der Waals surface area contributed by atoms with Gasteiger partial charge in [0.2, 0.25) is 0 Å². The highest BCUT2D eigenvalue weighted by Gasteiger charge is 2.78. The van der Waals surface area contributed by atoms with Gasteiger partial charge in [-0.3, -0.25) is 9.59 Å². The van der Waals surface area contributed by atoms with Gasteiger partial charge in [-0.05, 0) is 75.1 Å². The van der Waals surface area contributed by atoms with Crippen molar-refractivity contribution < 1.29 is 73.2 Å². The molecule has 3 aliphatic carbocycles. The van der Waals surface area contributed by atoms with E-state index in [2.05, 4.69) is 5.32 Å². The Bertz CT molecular complexity index is 2230. The highest BCUT2D eigenvalue weighted by Crippen LogP contribution is 2.64. The van der Waals surface area contributed by atoms with E-state index in [1.165, 1.54) is 70.2 Å². The Morgan fingerprint density at radius 2 is 1.73 bits per heavy atom. The van der Waals surface area contributed by atoms with Crippen molar-refractivity contribution in [2.75, 3.05) is 6.61 Å². The van der Waals surface area contributed by atoms with Crippen molar-refractivity contribution in [3.05, 3.63) is 81.9 Å². The van der Waals surface area contributed by atoms with E-state index in [0.717, 1.165) is 6.92 Å². The molecule has 2 bridgehead atoms. The largest absolute Gasteiger partial charge is 0.456 e. The lowest BCUT2D eigenvalue weighted by atomic mass is 9.44. The molecular formula is C45H54N2O15. The minimum Gasteiger partial charge on any atom is -0.456 e. The van der Waals surface area contributed by atoms with Gasteiger partial charge in [-0.15, -0.1) is 0 Å². The summed E-state index contributed by atoms with van der Waals surface area (Å²) in [5, 5.41) is 71.3. The van der Waals surface area contributed by atoms with Crippen molar-refractivity contribution in [3.63, 3.8) is 0 Å². The summed E-state index contributed by atoms with van der Waals surface area (Å²) in [6.07, 6.45) is -12.2. The van der Waals surface area contributed by atoms with E-state index in [4.69, 9.17) is 23.7 Å². The molecule has 2 aromatic carbocycles. The molecule has 334 valence electrons. The molecule has 6 N–H and O–H groups in total. The smallest absolute Gasteiger partial charge is 0.408 e. The molecule has 1 amide bonds. The summed E-state index contributed by atoms with van der Waals surface area (Å²) < 4.78 is 29.5. The maximum atomic E-state index is 15.0. The van der Waals surface area contributed by atoms with Crippen LogP contribution in [0.4, 0.5) is 4.79 Å². The Hall–Kier alpha value is -5.22. The number of nitriles is 1. The number of rotatable bonds is 9. The second kappa shape index (κ2) is 16.5. The lowest BCUT2D eigenvalue weighted by Gasteiger charge is -2.67. The molecule has 4 aliphatic rings. The maximum Gasteiger partial charge on any atom is 0.408 e. The molecule has 62 heavy (non-hydrogen) atoms. The van der Waals surface area contributed by atoms with E-state index in [0.29, 0.717) is 5.56 Å². The van der Waals surface area contributed by atoms with Gasteiger partial charge in [0.15, 0.2) is 17.5 Å². The first-order valence-corrected chi connectivity index (χ1v) is 20.3. The van der Waals surface area contributed by atoms with Crippen molar-refractivity contribution in [1.29, 1.82) is 5.26 Å². The van der Waals surface area contributed by atoms with Crippen LogP contribution in [0.2, 0.25) is 0 Å². The van der Waals surface area contributed by atoms with E-state index in [1.54, 1.807) is 26.8 Å². The zero-order chi connectivity index (χ0) is 45.9. The molecule has 6 rings (SSSR count). The summed E-state index contributed by atoms with van der Waals surface area (Å²) in [6, 6.07) is 12.0. The van der Waals surface area contributed by atoms with Crippen LogP contribution in [0.3, 0.4) is 0 Å². The molecule has 1 saturated heterocycles. The summed E-state index contributed by atoms with van der Waals surface area (Å²) in [5.41, 5.74) is -8.53. The summed E-state index contributed by atoms with van der Waals surface area (Å²) >= 11 is 0. The molecular weight excluding hydrogens is 808 g/mol. The number of carbonyl (C=O) groups is 5. The zero-order valence-electron chi connectivity index (χ0n) is 35.8. The van der Waals surface area contributed by atoms with Crippen LogP contribution in [0.1, 0.15) is 101 Å². The average Bonchev–Trinajstić information content (AvgIpc) is 3.20. The number of benzene rings is 2. The number of esters is 3. The number of hydrogen-bond donors (Lipinski definition) is 6. The standard InChI is InChI=1S/C45H54N2O15/c1-22-28(59-39(55)34(52)32(47-40(56)62-41(3,4)5)26-13-10-12-25(16-26)20-48)18-45(57)37(60-38(54)27-14-9-11-24(15-27)19-46)35-43(8,36(53)33(51)31(22)42(45,6)7)29(50)17-30-44(35,21-58-30)61-23(2)49/h9-16,28-30,32-35,37,48,50-52,57H,17-18,20-21H2,1-8H3,(H,47,56)/t28-,29-,30+,32-,33+,34+,35-,37-,43+,44-,45+/m0/s1. The van der Waals surface area contributed by atoms with Crippen LogP contribution in [0.25, 0.3) is 0 Å². The van der Waals surface area contributed by atoms with Gasteiger partial charge < -0.3 is 54.5 Å². The van der Waals surface area contributed by atoms with Crippen molar-refractivity contribution in [2.24, 2.45) is 16.7 Å². The van der Waals surface area contributed by atoms with Crippen LogP contribution in [0.15, 0.2) is 59.7 Å². The molecule has 1 aliphatic heterocycles. The first-order valence-electron chi connectivity index (χ1n) is 20.3. The second-order valence-electron chi connectivity index (χ2n) is 18.4. The molecule has 0 radical (unpaired) electrons. The molecule has 17 heteroatoms. The lowest BCUT2D eigenvalue weighted by molar-refractivity contribution is -0.346. The van der Waals surface area contributed by atoms with E-state index in [9.17, 15) is 50.0 Å². The lowest BCUT2D eigenvalue weighted by Crippen LogP contribution is -2.81. The molecule has 1 heterocycles. The Morgan fingerprint density at radius 1 is 1.05 bits per heavy atom. The first-order chi connectivity index (χ1) is 28.9. The van der Waals surface area contributed by atoms with Gasteiger partial charge in [0.05, 0.1) is 53.9 Å². The number of nitrogens with one attached hydrogen (secondary N) is 1. The molecule has 17 nitrogen and oxygen atoms in total. The van der Waals surface area contributed by atoms with E-state index < -0.39 is 119 Å². The molecule has 2 saturated carbocycles. The Labute approximate surface area is 358 Å². The predicted octanol–water partition coefficient (Wildman–Crippen LogP) is 2.62. The molecule has 11 atom stereocenters. The van der Waals surface area contributed by atoms with Crippen molar-refractivity contribution in [3.8, 4) is 6.07 Å². The SMILES string of the molecule is CC(=O)O[C@@]12CO[C@@H]1C[C@H](O)[C@@]1(C)C(=O)[C@H](O)C3=C(C)[C@@H](OC(=O)[C@H](O)[C@@H](NC(=O)OC(C)(C)C)c4cccc(CO)c4)C[C@@](O)([C@@H](OC(=O)c4cccc(C#N)c4)[C@H]21)C3(C)C. The third kappa shape index (κ3) is 7.77. The van der Waals surface area contributed by atoms with Gasteiger partial charge in [-0.1, -0.05) is 44.2 Å². The first kappa shape index (κ1) is 46.3. The van der Waals surface area contributed by atoms with E-state index in [-0.39, 0.29) is 40.9 Å². The number of aliphatic hydroxyl groups is 5. The third-order valence-electron chi connectivity index (χ3n) is 13.1. The van der Waals surface area contributed by atoms with Gasteiger partial charge >= 0.3 is 24.0 Å². The summed E-state index contributed by atoms with van der Waals surface area (Å²) in [4.78, 5) is 69.5. The Kier molecular flexibility index (Phi) is 12.3. The third-order valence-corrected chi connectivity index (χ3v) is 13.1. The fraction of sp³-hybridized carbons (Fsp3) is 0.556. The Morgan fingerprint density at radius 3 is 2.32 bits per heavy atom. The number of ether oxygens (including phenoxy) is 5. The quantitative estimate of drug-likeness (QED) is 0.120. The minimum absolute atomic E-state index is 0.0960. The van der Waals surface area contributed by atoms with E-state index >= 15 is 4.79 Å². The van der Waals surface area contributed by atoms with Crippen molar-refractivity contribution in [1.82, 2.24) is 5.32 Å². The number of Topliss-reactive ketones (excluding diaryl/α,β-unsaturated/α-hetero) is 1. The van der Waals surface area contributed by atoms with Crippen LogP contribution < -0.4 is 5.32 Å². The number of alkyl carbamates (subject to hydrolysis) is 1. The summed E-state index contributed by atoms with van der Waals surface area (Å²) in [6.45, 7) is 11.0. The van der Waals surface area contributed by atoms with Crippen LogP contribution in [-0.4, -0.2) is 115 Å². The molecule has 0 aromatic heterocycles. The number of hydrogen-bond acceptors (Lipinski definition) is 16. The van der Waals surface area contributed by atoms with Crippen LogP contribution in [-0.2, 0) is 44.7 Å². The number of amides is 1. The van der Waals surface area contributed by atoms with Crippen LogP contribution >= 0.6 is 0 Å². The molecule has 2 aromatic rings. The molecule has 0 spiro atoms. The minimum atomic E-state index is -2.46. The zero-order valence-corrected chi connectivity index (χ0v) is 35.8. The van der Waals surface area contributed by atoms with Gasteiger partial charge in [-0.2, -0.15) is 5.26 Å².